The van der Waals surface area contributed by atoms with E-state index in [1.165, 1.54) is 16.7 Å². The molecule has 0 radical (unpaired) electrons. The van der Waals surface area contributed by atoms with Crippen molar-refractivity contribution in [2.24, 2.45) is 0 Å². The van der Waals surface area contributed by atoms with Crippen LogP contribution in [0.2, 0.25) is 0 Å². The maximum Gasteiger partial charge on any atom is 0.0467 e. The van der Waals surface area contributed by atoms with Gasteiger partial charge in [0.05, 0.1) is 0 Å². The average Bonchev–Trinajstić information content (AvgIpc) is 2.87. The van der Waals surface area contributed by atoms with Gasteiger partial charge in [-0.05, 0) is 82.9 Å². The predicted octanol–water partition coefficient (Wildman–Crippen LogP) is 7.65. The molecule has 0 heterocycles. The molecule has 5 aromatic rings. The number of nitrogen functional groups attached to an aromatic ring is 2. The van der Waals surface area contributed by atoms with E-state index < -0.39 is 0 Å². The Morgan fingerprint density at radius 1 is 0.364 bits per heavy atom. The van der Waals surface area contributed by atoms with E-state index in [1.54, 1.807) is 0 Å². The molecule has 0 spiro atoms. The molecule has 160 valence electrons. The molecule has 3 heteroatoms. The van der Waals surface area contributed by atoms with Crippen LogP contribution in [-0.2, 0) is 0 Å². The molecule has 4 N–H and O–H groups in total. The lowest BCUT2D eigenvalue weighted by atomic mass is 10.00. The number of hydrogen-bond acceptors (Lipinski definition) is 3. The predicted molar refractivity (Wildman–Crippen MR) is 141 cm³/mol. The summed E-state index contributed by atoms with van der Waals surface area (Å²) in [4.78, 5) is 2.21. The molecule has 0 aliphatic carbocycles. The highest BCUT2D eigenvalue weighted by Gasteiger charge is 2.13. The first-order valence-electron chi connectivity index (χ1n) is 10.9. The van der Waals surface area contributed by atoms with Crippen molar-refractivity contribution in [3.05, 3.63) is 127 Å². The fourth-order valence-electron chi connectivity index (χ4n) is 4.00. The summed E-state index contributed by atoms with van der Waals surface area (Å²) >= 11 is 0. The molecular formula is C30H25N3. The van der Waals surface area contributed by atoms with E-state index in [-0.39, 0.29) is 0 Å². The van der Waals surface area contributed by atoms with Crippen LogP contribution < -0.4 is 16.4 Å². The molecule has 5 aromatic carbocycles. The van der Waals surface area contributed by atoms with Crippen LogP contribution in [0.5, 0.6) is 0 Å². The van der Waals surface area contributed by atoms with Crippen LogP contribution >= 0.6 is 0 Å². The monoisotopic (exact) mass is 427 g/mol. The number of nitrogens with two attached hydrogens (primary N) is 2. The maximum absolute atomic E-state index is 5.94. The SMILES string of the molecule is Nc1ccc(N(c2ccc(N)cc2)c2cccc(-c3ccc(-c4ccccc4)cc3)c2)cc1. The Bertz CT molecular complexity index is 1300. The quantitative estimate of drug-likeness (QED) is 0.283. The summed E-state index contributed by atoms with van der Waals surface area (Å²) in [5.74, 6) is 0. The van der Waals surface area contributed by atoms with Crippen molar-refractivity contribution >= 4 is 28.4 Å². The number of benzene rings is 5. The van der Waals surface area contributed by atoms with Gasteiger partial charge in [0, 0.05) is 28.4 Å². The standard InChI is InChI=1S/C30H25N3/c31-26-13-17-28(18-14-26)33(29-19-15-27(32)16-20-29)30-8-4-7-25(21-30)24-11-9-23(10-12-24)22-5-2-1-3-6-22/h1-21H,31-32H2. The topological polar surface area (TPSA) is 55.3 Å². The summed E-state index contributed by atoms with van der Waals surface area (Å²) in [7, 11) is 0. The van der Waals surface area contributed by atoms with E-state index in [0.29, 0.717) is 0 Å². The molecule has 0 aliphatic heterocycles. The summed E-state index contributed by atoms with van der Waals surface area (Å²) < 4.78 is 0. The molecule has 0 aromatic heterocycles. The van der Waals surface area contributed by atoms with Crippen molar-refractivity contribution in [3.8, 4) is 22.3 Å². The van der Waals surface area contributed by atoms with Crippen LogP contribution in [0, 0.1) is 0 Å². The van der Waals surface area contributed by atoms with E-state index in [2.05, 4.69) is 77.7 Å². The summed E-state index contributed by atoms with van der Waals surface area (Å²) in [6.45, 7) is 0. The Morgan fingerprint density at radius 3 is 1.36 bits per heavy atom. The van der Waals surface area contributed by atoms with Gasteiger partial charge < -0.3 is 16.4 Å². The van der Waals surface area contributed by atoms with Gasteiger partial charge in [-0.15, -0.1) is 0 Å². The van der Waals surface area contributed by atoms with Crippen molar-refractivity contribution in [3.63, 3.8) is 0 Å². The molecule has 0 unspecified atom stereocenters. The van der Waals surface area contributed by atoms with Crippen molar-refractivity contribution in [2.75, 3.05) is 16.4 Å². The molecule has 3 nitrogen and oxygen atoms in total. The number of rotatable bonds is 5. The normalized spacial score (nSPS) is 10.7. The summed E-state index contributed by atoms with van der Waals surface area (Å²) in [6, 6.07) is 43.5. The van der Waals surface area contributed by atoms with Gasteiger partial charge in [0.25, 0.3) is 0 Å². The molecule has 33 heavy (non-hydrogen) atoms. The maximum atomic E-state index is 5.94. The van der Waals surface area contributed by atoms with Crippen LogP contribution in [0.1, 0.15) is 0 Å². The Hall–Kier alpha value is -4.50. The van der Waals surface area contributed by atoms with Crippen molar-refractivity contribution in [1.82, 2.24) is 0 Å². The molecule has 0 amide bonds. The molecule has 0 atom stereocenters. The van der Waals surface area contributed by atoms with Gasteiger partial charge in [-0.1, -0.05) is 66.7 Å². The molecular weight excluding hydrogens is 402 g/mol. The van der Waals surface area contributed by atoms with Crippen LogP contribution in [0.15, 0.2) is 127 Å². The summed E-state index contributed by atoms with van der Waals surface area (Å²) in [6.07, 6.45) is 0. The zero-order chi connectivity index (χ0) is 22.6. The number of hydrogen-bond donors (Lipinski definition) is 2. The van der Waals surface area contributed by atoms with Crippen molar-refractivity contribution in [1.29, 1.82) is 0 Å². The highest BCUT2D eigenvalue weighted by molar-refractivity contribution is 5.81. The molecule has 0 saturated carbocycles. The van der Waals surface area contributed by atoms with Gasteiger partial charge in [-0.2, -0.15) is 0 Å². The van der Waals surface area contributed by atoms with Crippen molar-refractivity contribution < 1.29 is 0 Å². The average molecular weight is 428 g/mol. The van der Waals surface area contributed by atoms with Crippen molar-refractivity contribution in [2.45, 2.75) is 0 Å². The summed E-state index contributed by atoms with van der Waals surface area (Å²) in [5, 5.41) is 0. The minimum atomic E-state index is 0.739. The zero-order valence-electron chi connectivity index (χ0n) is 18.2. The van der Waals surface area contributed by atoms with Crippen LogP contribution in [0.4, 0.5) is 28.4 Å². The van der Waals surface area contributed by atoms with Gasteiger partial charge in [-0.25, -0.2) is 0 Å². The Morgan fingerprint density at radius 2 is 0.818 bits per heavy atom. The molecule has 0 aliphatic rings. The minimum Gasteiger partial charge on any atom is -0.399 e. The minimum absolute atomic E-state index is 0.739. The van der Waals surface area contributed by atoms with Gasteiger partial charge >= 0.3 is 0 Å². The lowest BCUT2D eigenvalue weighted by molar-refractivity contribution is 1.28. The lowest BCUT2D eigenvalue weighted by Crippen LogP contribution is -2.10. The Balaban J connectivity index is 1.54. The Labute approximate surface area is 194 Å². The third kappa shape index (κ3) is 4.43. The molecule has 0 bridgehead atoms. The van der Waals surface area contributed by atoms with Gasteiger partial charge in [0.1, 0.15) is 0 Å². The number of anilines is 5. The Kier molecular flexibility index (Phi) is 5.52. The van der Waals surface area contributed by atoms with E-state index in [4.69, 9.17) is 11.5 Å². The second kappa shape index (κ2) is 8.93. The molecule has 0 saturated heterocycles. The first-order chi connectivity index (χ1) is 16.2. The second-order valence-electron chi connectivity index (χ2n) is 8.01. The van der Waals surface area contributed by atoms with Crippen LogP contribution in [0.3, 0.4) is 0 Å². The van der Waals surface area contributed by atoms with Crippen LogP contribution in [-0.4, -0.2) is 0 Å². The van der Waals surface area contributed by atoms with E-state index in [1.807, 2.05) is 54.6 Å². The first-order valence-corrected chi connectivity index (χ1v) is 10.9. The fourth-order valence-corrected chi connectivity index (χ4v) is 4.00. The van der Waals surface area contributed by atoms with E-state index >= 15 is 0 Å². The van der Waals surface area contributed by atoms with Gasteiger partial charge in [-0.3, -0.25) is 0 Å². The largest absolute Gasteiger partial charge is 0.399 e. The fraction of sp³-hybridized carbons (Fsp3) is 0. The third-order valence-corrected chi connectivity index (χ3v) is 5.73. The highest BCUT2D eigenvalue weighted by atomic mass is 15.1. The van der Waals surface area contributed by atoms with Crippen LogP contribution in [0.25, 0.3) is 22.3 Å². The zero-order valence-corrected chi connectivity index (χ0v) is 18.2. The lowest BCUT2D eigenvalue weighted by Gasteiger charge is -2.26. The van der Waals surface area contributed by atoms with E-state index in [0.717, 1.165) is 34.0 Å². The van der Waals surface area contributed by atoms with Gasteiger partial charge in [0.15, 0.2) is 0 Å². The third-order valence-electron chi connectivity index (χ3n) is 5.73. The van der Waals surface area contributed by atoms with E-state index in [9.17, 15) is 0 Å². The smallest absolute Gasteiger partial charge is 0.0467 e. The molecule has 5 rings (SSSR count). The second-order valence-corrected chi connectivity index (χ2v) is 8.01. The van der Waals surface area contributed by atoms with Gasteiger partial charge in [0.2, 0.25) is 0 Å². The first kappa shape index (κ1) is 20.4. The molecule has 0 fully saturated rings. The number of nitrogens with zero attached hydrogens (tertiary/aromatic N) is 1. The highest BCUT2D eigenvalue weighted by Crippen LogP contribution is 2.37. The summed E-state index contributed by atoms with van der Waals surface area (Å²) in [5.41, 5.74) is 21.3.